The van der Waals surface area contributed by atoms with Gasteiger partial charge in [0, 0.05) is 41.9 Å². The lowest BCUT2D eigenvalue weighted by molar-refractivity contribution is -0.00706. The fourth-order valence-electron chi connectivity index (χ4n) is 4.30. The fraction of sp³-hybridized carbons (Fsp3) is 0.545. The molecule has 6 nitrogen and oxygen atoms in total. The number of hydrogen-bond donors (Lipinski definition) is 0. The summed E-state index contributed by atoms with van der Waals surface area (Å²) in [6.07, 6.45) is 3.34. The number of rotatable bonds is 2. The number of aryl methyl sites for hydroxylation is 1. The van der Waals surface area contributed by atoms with Crippen molar-refractivity contribution >= 4 is 17.1 Å². The Morgan fingerprint density at radius 1 is 1.14 bits per heavy atom. The van der Waals surface area contributed by atoms with Crippen molar-refractivity contribution in [1.82, 2.24) is 4.90 Å². The van der Waals surface area contributed by atoms with Crippen LogP contribution in [-0.4, -0.2) is 34.8 Å². The summed E-state index contributed by atoms with van der Waals surface area (Å²) in [6, 6.07) is 7.72. The maximum Gasteiger partial charge on any atom is 0.410 e. The molecule has 4 rings (SSSR count). The standard InChI is InChI=1S/C22H27NO5/c1-13-9-14-5-8-17(12-19(14)27-20(13)24)26-18-10-15-6-7-16(11-18)23(15)21(25)28-22(2,3)4/h5,8-9,12,15-16,18H,6-7,10-11H2,1-4H3/t15-,16?,18?/m1/s1. The zero-order chi connectivity index (χ0) is 20.1. The number of carbonyl (C=O) groups is 1. The number of benzene rings is 1. The van der Waals surface area contributed by atoms with Gasteiger partial charge in [-0.3, -0.25) is 0 Å². The number of piperidine rings is 1. The SMILES string of the molecule is Cc1cc2ccc(OC3CC4CC[C@H](C3)N4C(=O)OC(C)(C)C)cc2oc1=O. The van der Waals surface area contributed by atoms with Gasteiger partial charge in [-0.2, -0.15) is 0 Å². The lowest BCUT2D eigenvalue weighted by atomic mass is 10.00. The van der Waals surface area contributed by atoms with Crippen molar-refractivity contribution in [2.75, 3.05) is 0 Å². The first-order valence-corrected chi connectivity index (χ1v) is 9.92. The van der Waals surface area contributed by atoms with Crippen LogP contribution in [-0.2, 0) is 4.74 Å². The first-order chi connectivity index (χ1) is 13.2. The first kappa shape index (κ1) is 18.8. The third kappa shape index (κ3) is 3.73. The maximum atomic E-state index is 12.6. The molecule has 2 bridgehead atoms. The molecule has 1 amide bonds. The minimum atomic E-state index is -0.489. The van der Waals surface area contributed by atoms with Gasteiger partial charge in [0.25, 0.3) is 0 Å². The molecule has 1 aromatic carbocycles. The first-order valence-electron chi connectivity index (χ1n) is 9.92. The summed E-state index contributed by atoms with van der Waals surface area (Å²) in [5, 5.41) is 0.879. The Bertz CT molecular complexity index is 944. The molecule has 2 aliphatic rings. The van der Waals surface area contributed by atoms with Gasteiger partial charge in [-0.05, 0) is 58.7 Å². The summed E-state index contributed by atoms with van der Waals surface area (Å²) in [7, 11) is 0. The molecule has 2 unspecified atom stereocenters. The van der Waals surface area contributed by atoms with Crippen molar-refractivity contribution in [1.29, 1.82) is 0 Å². The molecular formula is C22H27NO5. The van der Waals surface area contributed by atoms with E-state index in [4.69, 9.17) is 13.9 Å². The Balaban J connectivity index is 1.47. The van der Waals surface area contributed by atoms with Crippen molar-refractivity contribution in [3.63, 3.8) is 0 Å². The van der Waals surface area contributed by atoms with E-state index in [1.54, 1.807) is 13.0 Å². The van der Waals surface area contributed by atoms with Crippen LogP contribution in [0, 0.1) is 6.92 Å². The Morgan fingerprint density at radius 2 is 1.82 bits per heavy atom. The quantitative estimate of drug-likeness (QED) is 0.716. The van der Waals surface area contributed by atoms with E-state index in [2.05, 4.69) is 0 Å². The number of nitrogens with zero attached hydrogens (tertiary/aromatic N) is 1. The highest BCUT2D eigenvalue weighted by molar-refractivity contribution is 5.78. The van der Waals surface area contributed by atoms with Crippen molar-refractivity contribution in [2.45, 2.75) is 77.2 Å². The molecule has 2 aromatic rings. The van der Waals surface area contributed by atoms with Crippen molar-refractivity contribution in [3.8, 4) is 5.75 Å². The summed E-state index contributed by atoms with van der Waals surface area (Å²) in [4.78, 5) is 26.2. The van der Waals surface area contributed by atoms with Crippen LogP contribution < -0.4 is 10.4 Å². The van der Waals surface area contributed by atoms with Crippen LogP contribution in [0.2, 0.25) is 0 Å². The summed E-state index contributed by atoms with van der Waals surface area (Å²) in [5.41, 5.74) is 0.305. The zero-order valence-corrected chi connectivity index (χ0v) is 16.9. The van der Waals surface area contributed by atoms with Gasteiger partial charge in [0.15, 0.2) is 0 Å². The second-order valence-electron chi connectivity index (χ2n) is 8.90. The molecule has 0 aliphatic carbocycles. The summed E-state index contributed by atoms with van der Waals surface area (Å²) in [6.45, 7) is 7.41. The van der Waals surface area contributed by atoms with Gasteiger partial charge >= 0.3 is 11.7 Å². The van der Waals surface area contributed by atoms with E-state index in [1.165, 1.54) is 0 Å². The highest BCUT2D eigenvalue weighted by Crippen LogP contribution is 2.38. The fourth-order valence-corrected chi connectivity index (χ4v) is 4.30. The van der Waals surface area contributed by atoms with Crippen molar-refractivity contribution < 1.29 is 18.7 Å². The minimum absolute atomic E-state index is 0.0332. The van der Waals surface area contributed by atoms with E-state index in [-0.39, 0.29) is 29.9 Å². The summed E-state index contributed by atoms with van der Waals surface area (Å²) < 4.78 is 17.2. The summed E-state index contributed by atoms with van der Waals surface area (Å²) in [5.74, 6) is 0.689. The van der Waals surface area contributed by atoms with Crippen LogP contribution in [0.4, 0.5) is 4.79 Å². The van der Waals surface area contributed by atoms with Crippen LogP contribution in [0.5, 0.6) is 5.75 Å². The average molecular weight is 385 g/mol. The molecular weight excluding hydrogens is 358 g/mol. The predicted molar refractivity (Wildman–Crippen MR) is 106 cm³/mol. The number of carbonyl (C=O) groups excluding carboxylic acids is 1. The lowest BCUT2D eigenvalue weighted by Gasteiger charge is -2.39. The molecule has 2 aliphatic heterocycles. The Morgan fingerprint density at radius 3 is 2.46 bits per heavy atom. The van der Waals surface area contributed by atoms with Crippen molar-refractivity contribution in [2.24, 2.45) is 0 Å². The molecule has 3 atom stereocenters. The van der Waals surface area contributed by atoms with E-state index in [0.29, 0.717) is 16.9 Å². The molecule has 2 saturated heterocycles. The summed E-state index contributed by atoms with van der Waals surface area (Å²) >= 11 is 0. The van der Waals surface area contributed by atoms with E-state index >= 15 is 0 Å². The molecule has 3 heterocycles. The van der Waals surface area contributed by atoms with E-state index in [9.17, 15) is 9.59 Å². The van der Waals surface area contributed by atoms with Crippen LogP contribution in [0.25, 0.3) is 11.0 Å². The second kappa shape index (κ2) is 6.83. The second-order valence-corrected chi connectivity index (χ2v) is 8.90. The van der Waals surface area contributed by atoms with Gasteiger partial charge in [0.2, 0.25) is 0 Å². The van der Waals surface area contributed by atoms with Gasteiger partial charge in [-0.25, -0.2) is 9.59 Å². The number of fused-ring (bicyclic) bond motifs is 3. The predicted octanol–water partition coefficient (Wildman–Crippen LogP) is 4.41. The van der Waals surface area contributed by atoms with Crippen LogP contribution in [0.3, 0.4) is 0 Å². The van der Waals surface area contributed by atoms with E-state index in [0.717, 1.165) is 31.1 Å². The number of hydrogen-bond acceptors (Lipinski definition) is 5. The molecule has 0 spiro atoms. The molecule has 0 saturated carbocycles. The van der Waals surface area contributed by atoms with Crippen LogP contribution >= 0.6 is 0 Å². The molecule has 2 fully saturated rings. The molecule has 28 heavy (non-hydrogen) atoms. The Labute approximate surface area is 164 Å². The molecule has 6 heteroatoms. The lowest BCUT2D eigenvalue weighted by Crippen LogP contribution is -2.50. The maximum absolute atomic E-state index is 12.6. The monoisotopic (exact) mass is 385 g/mol. The van der Waals surface area contributed by atoms with E-state index < -0.39 is 5.60 Å². The normalized spacial score (nSPS) is 24.4. The third-order valence-electron chi connectivity index (χ3n) is 5.48. The Hall–Kier alpha value is -2.50. The van der Waals surface area contributed by atoms with E-state index in [1.807, 2.05) is 43.9 Å². The van der Waals surface area contributed by atoms with Gasteiger partial charge < -0.3 is 18.8 Å². The highest BCUT2D eigenvalue weighted by atomic mass is 16.6. The van der Waals surface area contributed by atoms with Gasteiger partial charge in [-0.1, -0.05) is 0 Å². The third-order valence-corrected chi connectivity index (χ3v) is 5.48. The average Bonchev–Trinajstić information content (AvgIpc) is 2.86. The smallest absolute Gasteiger partial charge is 0.410 e. The van der Waals surface area contributed by atoms with Crippen molar-refractivity contribution in [3.05, 3.63) is 40.2 Å². The molecule has 0 N–H and O–H groups in total. The van der Waals surface area contributed by atoms with Crippen LogP contribution in [0.15, 0.2) is 33.5 Å². The van der Waals surface area contributed by atoms with Gasteiger partial charge in [-0.15, -0.1) is 0 Å². The molecule has 0 radical (unpaired) electrons. The highest BCUT2D eigenvalue weighted by Gasteiger charge is 2.45. The van der Waals surface area contributed by atoms with Crippen LogP contribution in [0.1, 0.15) is 52.0 Å². The Kier molecular flexibility index (Phi) is 4.60. The topological polar surface area (TPSA) is 69.0 Å². The molecule has 1 aromatic heterocycles. The molecule has 150 valence electrons. The van der Waals surface area contributed by atoms with Gasteiger partial charge in [0.1, 0.15) is 23.0 Å². The minimum Gasteiger partial charge on any atom is -0.490 e. The number of ether oxygens (including phenoxy) is 2. The number of amides is 1. The zero-order valence-electron chi connectivity index (χ0n) is 16.9. The largest absolute Gasteiger partial charge is 0.490 e. The van der Waals surface area contributed by atoms with Gasteiger partial charge in [0.05, 0.1) is 0 Å².